The summed E-state index contributed by atoms with van der Waals surface area (Å²) in [5, 5.41) is 0. The highest BCUT2D eigenvalue weighted by atomic mass is 32.2. The summed E-state index contributed by atoms with van der Waals surface area (Å²) in [6.07, 6.45) is 1.39. The Hall–Kier alpha value is -2.32. The SMILES string of the molecule is CCS(=O)(=O)N[C@]12C[C@H]1CN(C(=O)[C@@H]1C[C@H]1c1ccccc1-c1c(F)cccc1F)C2. The average molecular weight is 447 g/mol. The largest absolute Gasteiger partial charge is 0.340 e. The van der Waals surface area contributed by atoms with Gasteiger partial charge < -0.3 is 4.90 Å². The van der Waals surface area contributed by atoms with Crippen LogP contribution in [0.2, 0.25) is 0 Å². The first kappa shape index (κ1) is 20.6. The second-order valence-corrected chi connectivity index (χ2v) is 10.9. The Morgan fingerprint density at radius 2 is 1.87 bits per heavy atom. The van der Waals surface area contributed by atoms with Crippen LogP contribution in [0, 0.1) is 23.5 Å². The first-order valence-corrected chi connectivity index (χ1v) is 12.2. The van der Waals surface area contributed by atoms with Crippen molar-refractivity contribution in [3.8, 4) is 11.1 Å². The number of likely N-dealkylation sites (tertiary alicyclic amines) is 1. The average Bonchev–Trinajstić information content (AvgIpc) is 3.63. The van der Waals surface area contributed by atoms with Crippen LogP contribution in [-0.2, 0) is 14.8 Å². The van der Waals surface area contributed by atoms with E-state index < -0.39 is 27.2 Å². The molecule has 2 aliphatic carbocycles. The molecule has 1 heterocycles. The zero-order valence-electron chi connectivity index (χ0n) is 17.1. The van der Waals surface area contributed by atoms with Crippen LogP contribution in [0.25, 0.3) is 11.1 Å². The lowest BCUT2D eigenvalue weighted by Crippen LogP contribution is -2.44. The molecule has 5 rings (SSSR count). The van der Waals surface area contributed by atoms with E-state index >= 15 is 0 Å². The smallest absolute Gasteiger partial charge is 0.226 e. The van der Waals surface area contributed by atoms with Gasteiger partial charge in [-0.05, 0) is 54.9 Å². The van der Waals surface area contributed by atoms with Gasteiger partial charge in [-0.25, -0.2) is 21.9 Å². The molecule has 5 nitrogen and oxygen atoms in total. The summed E-state index contributed by atoms with van der Waals surface area (Å²) in [6, 6.07) is 10.9. The van der Waals surface area contributed by atoms with Gasteiger partial charge in [0.05, 0.1) is 16.9 Å². The number of nitrogens with zero attached hydrogens (tertiary/aromatic N) is 1. The molecule has 2 saturated carbocycles. The van der Waals surface area contributed by atoms with Crippen LogP contribution in [0.3, 0.4) is 0 Å². The summed E-state index contributed by atoms with van der Waals surface area (Å²) in [5.74, 6) is -1.41. The number of carbonyl (C=O) groups excluding carboxylic acids is 1. The van der Waals surface area contributed by atoms with Gasteiger partial charge in [0.15, 0.2) is 0 Å². The molecule has 3 fully saturated rings. The molecule has 0 radical (unpaired) electrons. The van der Waals surface area contributed by atoms with E-state index in [0.29, 0.717) is 25.1 Å². The molecule has 8 heteroatoms. The second kappa shape index (κ2) is 7.10. The molecule has 2 aromatic carbocycles. The van der Waals surface area contributed by atoms with E-state index in [-0.39, 0.29) is 35.0 Å². The number of hydrogen-bond acceptors (Lipinski definition) is 3. The van der Waals surface area contributed by atoms with Gasteiger partial charge >= 0.3 is 0 Å². The van der Waals surface area contributed by atoms with Crippen LogP contribution >= 0.6 is 0 Å². The molecule has 1 saturated heterocycles. The van der Waals surface area contributed by atoms with Gasteiger partial charge in [0.2, 0.25) is 15.9 Å². The van der Waals surface area contributed by atoms with E-state index in [2.05, 4.69) is 4.72 Å². The first-order chi connectivity index (χ1) is 14.7. The third-order valence-electron chi connectivity index (χ3n) is 6.90. The number of sulfonamides is 1. The molecular weight excluding hydrogens is 422 g/mol. The lowest BCUT2D eigenvalue weighted by atomic mass is 9.95. The first-order valence-electron chi connectivity index (χ1n) is 10.6. The van der Waals surface area contributed by atoms with E-state index in [1.807, 2.05) is 12.1 Å². The predicted molar refractivity (Wildman–Crippen MR) is 113 cm³/mol. The number of fused-ring (bicyclic) bond motifs is 1. The maximum Gasteiger partial charge on any atom is 0.226 e. The molecule has 1 amide bonds. The third-order valence-corrected chi connectivity index (χ3v) is 8.37. The van der Waals surface area contributed by atoms with Crippen molar-refractivity contribution in [3.05, 3.63) is 59.7 Å². The Morgan fingerprint density at radius 1 is 1.16 bits per heavy atom. The summed E-state index contributed by atoms with van der Waals surface area (Å²) < 4.78 is 55.5. The summed E-state index contributed by atoms with van der Waals surface area (Å²) in [7, 11) is -3.33. The molecule has 3 aliphatic rings. The summed E-state index contributed by atoms with van der Waals surface area (Å²) in [6.45, 7) is 2.54. The molecular formula is C23H24F2N2O3S. The summed E-state index contributed by atoms with van der Waals surface area (Å²) in [4.78, 5) is 14.9. The van der Waals surface area contributed by atoms with Crippen LogP contribution < -0.4 is 4.72 Å². The minimum Gasteiger partial charge on any atom is -0.340 e. The van der Waals surface area contributed by atoms with Crippen molar-refractivity contribution >= 4 is 15.9 Å². The Bertz CT molecular complexity index is 1150. The van der Waals surface area contributed by atoms with Crippen molar-refractivity contribution in [2.75, 3.05) is 18.8 Å². The van der Waals surface area contributed by atoms with Gasteiger partial charge in [-0.2, -0.15) is 0 Å². The standard InChI is InChI=1S/C23H24F2N2O3S/c1-2-31(29,30)26-23-11-14(23)12-27(13-23)22(28)18-10-17(18)15-6-3-4-7-16(15)21-19(24)8-5-9-20(21)25/h3-9,14,17-18,26H,2,10-13H2,1H3/t14-,17-,18+,23-/m0/s1. The minimum atomic E-state index is -3.33. The van der Waals surface area contributed by atoms with Crippen molar-refractivity contribution in [1.82, 2.24) is 9.62 Å². The van der Waals surface area contributed by atoms with Crippen molar-refractivity contribution < 1.29 is 22.0 Å². The maximum absolute atomic E-state index is 14.4. The molecule has 2 aromatic rings. The van der Waals surface area contributed by atoms with E-state index in [0.717, 1.165) is 12.0 Å². The highest BCUT2D eigenvalue weighted by Gasteiger charge is 2.63. The van der Waals surface area contributed by atoms with Gasteiger partial charge in [-0.3, -0.25) is 4.79 Å². The number of benzene rings is 2. The number of halogens is 2. The van der Waals surface area contributed by atoms with Gasteiger partial charge in [-0.15, -0.1) is 0 Å². The normalized spacial score (nSPS) is 29.0. The Balaban J connectivity index is 1.33. The van der Waals surface area contributed by atoms with Gasteiger partial charge in [0.1, 0.15) is 11.6 Å². The van der Waals surface area contributed by atoms with Gasteiger partial charge in [0.25, 0.3) is 0 Å². The zero-order chi connectivity index (χ0) is 22.0. The maximum atomic E-state index is 14.4. The topological polar surface area (TPSA) is 66.5 Å². The molecule has 1 aliphatic heterocycles. The summed E-state index contributed by atoms with van der Waals surface area (Å²) in [5.41, 5.74) is 0.681. The minimum absolute atomic E-state index is 0.00363. The van der Waals surface area contributed by atoms with Crippen LogP contribution in [-0.4, -0.2) is 43.6 Å². The number of nitrogens with one attached hydrogen (secondary N) is 1. The predicted octanol–water partition coefficient (Wildman–Crippen LogP) is 3.28. The monoisotopic (exact) mass is 446 g/mol. The van der Waals surface area contributed by atoms with E-state index in [1.54, 1.807) is 24.0 Å². The van der Waals surface area contributed by atoms with Crippen molar-refractivity contribution in [2.45, 2.75) is 31.2 Å². The lowest BCUT2D eigenvalue weighted by Gasteiger charge is -2.22. The van der Waals surface area contributed by atoms with Crippen LogP contribution in [0.5, 0.6) is 0 Å². The van der Waals surface area contributed by atoms with Crippen molar-refractivity contribution in [1.29, 1.82) is 0 Å². The second-order valence-electron chi connectivity index (χ2n) is 8.91. The number of rotatable bonds is 6. The van der Waals surface area contributed by atoms with E-state index in [9.17, 15) is 22.0 Å². The molecule has 0 spiro atoms. The van der Waals surface area contributed by atoms with Crippen LogP contribution in [0.1, 0.15) is 31.2 Å². The highest BCUT2D eigenvalue weighted by molar-refractivity contribution is 7.89. The fourth-order valence-electron chi connectivity index (χ4n) is 5.04. The van der Waals surface area contributed by atoms with Crippen LogP contribution in [0.4, 0.5) is 8.78 Å². The Labute approximate surface area is 180 Å². The van der Waals surface area contributed by atoms with Crippen molar-refractivity contribution in [2.24, 2.45) is 11.8 Å². The fourth-order valence-corrected chi connectivity index (χ4v) is 6.12. The lowest BCUT2D eigenvalue weighted by molar-refractivity contribution is -0.132. The molecule has 164 valence electrons. The highest BCUT2D eigenvalue weighted by Crippen LogP contribution is 2.55. The van der Waals surface area contributed by atoms with Crippen molar-refractivity contribution in [3.63, 3.8) is 0 Å². The molecule has 1 N–H and O–H groups in total. The Morgan fingerprint density at radius 3 is 2.58 bits per heavy atom. The van der Waals surface area contributed by atoms with Gasteiger partial charge in [0, 0.05) is 19.0 Å². The van der Waals surface area contributed by atoms with Crippen LogP contribution in [0.15, 0.2) is 42.5 Å². The third kappa shape index (κ3) is 3.55. The molecule has 0 aromatic heterocycles. The molecule has 0 bridgehead atoms. The molecule has 0 unspecified atom stereocenters. The number of carbonyl (C=O) groups is 1. The molecule has 4 atom stereocenters. The Kier molecular flexibility index (Phi) is 4.71. The summed E-state index contributed by atoms with van der Waals surface area (Å²) >= 11 is 0. The fraction of sp³-hybridized carbons (Fsp3) is 0.435. The van der Waals surface area contributed by atoms with E-state index in [4.69, 9.17) is 0 Å². The zero-order valence-corrected chi connectivity index (χ0v) is 18.0. The van der Waals surface area contributed by atoms with Gasteiger partial charge in [-0.1, -0.05) is 30.3 Å². The number of hydrogen-bond donors (Lipinski definition) is 1. The van der Waals surface area contributed by atoms with E-state index in [1.165, 1.54) is 18.2 Å². The quantitative estimate of drug-likeness (QED) is 0.741. The molecule has 31 heavy (non-hydrogen) atoms. The number of piperidine rings is 1. The number of amides is 1.